The van der Waals surface area contributed by atoms with E-state index in [-0.39, 0.29) is 43.8 Å². The Morgan fingerprint density at radius 2 is 2.05 bits per heavy atom. The summed E-state index contributed by atoms with van der Waals surface area (Å²) in [6.45, 7) is 1.63. The van der Waals surface area contributed by atoms with E-state index in [1.165, 1.54) is 0 Å². The van der Waals surface area contributed by atoms with Crippen molar-refractivity contribution in [2.45, 2.75) is 25.3 Å². The number of carbonyl (C=O) groups excluding carboxylic acids is 2. The number of halogens is 2. The first-order chi connectivity index (χ1) is 10.3. The van der Waals surface area contributed by atoms with Crippen LogP contribution in [0.2, 0.25) is 10.0 Å². The quantitative estimate of drug-likeness (QED) is 0.802. The highest BCUT2D eigenvalue weighted by Crippen LogP contribution is 2.28. The standard InChI is InChI=1S/C15H17Cl2NO4/c1-15(8-19,10-4-11(16)6-12(17)5-10)18-13(20)2-9-3-14(21)22-7-9/h4-6,9,19H,2-3,7-8H2,1H3,(H,18,20). The van der Waals surface area contributed by atoms with Crippen LogP contribution in [0, 0.1) is 5.92 Å². The molecule has 22 heavy (non-hydrogen) atoms. The number of cyclic esters (lactones) is 1. The summed E-state index contributed by atoms with van der Waals surface area (Å²) in [6, 6.07) is 4.87. The highest BCUT2D eigenvalue weighted by molar-refractivity contribution is 6.34. The van der Waals surface area contributed by atoms with Crippen LogP contribution < -0.4 is 5.32 Å². The van der Waals surface area contributed by atoms with Crippen LogP contribution in [-0.2, 0) is 19.9 Å². The first-order valence-electron chi connectivity index (χ1n) is 6.86. The Balaban J connectivity index is 2.09. The number of aliphatic hydroxyl groups is 1. The number of nitrogens with one attached hydrogen (secondary N) is 1. The number of esters is 1. The van der Waals surface area contributed by atoms with Crippen molar-refractivity contribution in [3.8, 4) is 0 Å². The summed E-state index contributed by atoms with van der Waals surface area (Å²) in [5, 5.41) is 13.3. The molecule has 1 fully saturated rings. The lowest BCUT2D eigenvalue weighted by Gasteiger charge is -2.30. The lowest BCUT2D eigenvalue weighted by Crippen LogP contribution is -2.46. The Morgan fingerprint density at radius 3 is 2.55 bits per heavy atom. The molecule has 1 aromatic rings. The molecule has 0 saturated carbocycles. The Hall–Kier alpha value is -1.30. The van der Waals surface area contributed by atoms with Gasteiger partial charge in [-0.3, -0.25) is 9.59 Å². The fourth-order valence-electron chi connectivity index (χ4n) is 2.39. The zero-order chi connectivity index (χ0) is 16.3. The number of aliphatic hydroxyl groups excluding tert-OH is 1. The minimum Gasteiger partial charge on any atom is -0.465 e. The van der Waals surface area contributed by atoms with Crippen molar-refractivity contribution in [3.63, 3.8) is 0 Å². The van der Waals surface area contributed by atoms with Gasteiger partial charge in [0.15, 0.2) is 0 Å². The summed E-state index contributed by atoms with van der Waals surface area (Å²) in [7, 11) is 0. The molecule has 0 bridgehead atoms. The van der Waals surface area contributed by atoms with Crippen LogP contribution >= 0.6 is 23.2 Å². The SMILES string of the molecule is CC(CO)(NC(=O)CC1COC(=O)C1)c1cc(Cl)cc(Cl)c1. The predicted molar refractivity (Wildman–Crippen MR) is 82.7 cm³/mol. The van der Waals surface area contributed by atoms with E-state index < -0.39 is 5.54 Å². The van der Waals surface area contributed by atoms with Gasteiger partial charge < -0.3 is 15.2 Å². The van der Waals surface area contributed by atoms with Crippen molar-refractivity contribution < 1.29 is 19.4 Å². The second-order valence-electron chi connectivity index (χ2n) is 5.65. The fraction of sp³-hybridized carbons (Fsp3) is 0.467. The Kier molecular flexibility index (Phi) is 5.32. The van der Waals surface area contributed by atoms with E-state index in [4.69, 9.17) is 27.9 Å². The monoisotopic (exact) mass is 345 g/mol. The molecule has 1 aromatic carbocycles. The summed E-state index contributed by atoms with van der Waals surface area (Å²) in [6.07, 6.45) is 0.405. The number of carbonyl (C=O) groups is 2. The van der Waals surface area contributed by atoms with Crippen LogP contribution in [0.1, 0.15) is 25.3 Å². The first kappa shape index (κ1) is 17.1. The van der Waals surface area contributed by atoms with Gasteiger partial charge in [0.2, 0.25) is 5.91 Å². The first-order valence-corrected chi connectivity index (χ1v) is 7.62. The maximum Gasteiger partial charge on any atom is 0.306 e. The normalized spacial score (nSPS) is 20.4. The largest absolute Gasteiger partial charge is 0.465 e. The van der Waals surface area contributed by atoms with E-state index >= 15 is 0 Å². The van der Waals surface area contributed by atoms with Gasteiger partial charge in [-0.15, -0.1) is 0 Å². The molecule has 0 aliphatic carbocycles. The molecule has 7 heteroatoms. The van der Waals surface area contributed by atoms with Crippen molar-refractivity contribution in [1.29, 1.82) is 0 Å². The molecule has 2 unspecified atom stereocenters. The third-order valence-corrected chi connectivity index (χ3v) is 4.08. The van der Waals surface area contributed by atoms with Crippen LogP contribution in [0.25, 0.3) is 0 Å². The van der Waals surface area contributed by atoms with Gasteiger partial charge in [-0.2, -0.15) is 0 Å². The molecule has 5 nitrogen and oxygen atoms in total. The fourth-order valence-corrected chi connectivity index (χ4v) is 2.92. The van der Waals surface area contributed by atoms with E-state index in [1.54, 1.807) is 25.1 Å². The third-order valence-electron chi connectivity index (χ3n) is 3.64. The van der Waals surface area contributed by atoms with Crippen LogP contribution in [-0.4, -0.2) is 30.2 Å². The van der Waals surface area contributed by atoms with Gasteiger partial charge in [0, 0.05) is 22.4 Å². The molecule has 1 saturated heterocycles. The highest BCUT2D eigenvalue weighted by Gasteiger charge is 2.31. The van der Waals surface area contributed by atoms with Gasteiger partial charge in [-0.05, 0) is 30.7 Å². The number of amides is 1. The number of hydrogen-bond donors (Lipinski definition) is 2. The van der Waals surface area contributed by atoms with Crippen LogP contribution in [0.4, 0.5) is 0 Å². The molecule has 1 aliphatic rings. The van der Waals surface area contributed by atoms with E-state index in [2.05, 4.69) is 5.32 Å². The van der Waals surface area contributed by atoms with Gasteiger partial charge in [0.25, 0.3) is 0 Å². The van der Waals surface area contributed by atoms with E-state index in [0.29, 0.717) is 15.6 Å². The van der Waals surface area contributed by atoms with Crippen molar-refractivity contribution in [2.75, 3.05) is 13.2 Å². The van der Waals surface area contributed by atoms with Gasteiger partial charge in [-0.25, -0.2) is 0 Å². The van der Waals surface area contributed by atoms with E-state index in [1.807, 2.05) is 0 Å². The summed E-state index contributed by atoms with van der Waals surface area (Å²) < 4.78 is 4.84. The average Bonchev–Trinajstić information content (AvgIpc) is 2.82. The van der Waals surface area contributed by atoms with Gasteiger partial charge in [0.05, 0.1) is 25.2 Å². The zero-order valence-electron chi connectivity index (χ0n) is 12.1. The predicted octanol–water partition coefficient (Wildman–Crippen LogP) is 2.27. The smallest absolute Gasteiger partial charge is 0.306 e. The topological polar surface area (TPSA) is 75.6 Å². The van der Waals surface area contributed by atoms with Crippen LogP contribution in [0.15, 0.2) is 18.2 Å². The second-order valence-corrected chi connectivity index (χ2v) is 6.53. The van der Waals surface area contributed by atoms with E-state index in [9.17, 15) is 14.7 Å². The van der Waals surface area contributed by atoms with E-state index in [0.717, 1.165) is 0 Å². The van der Waals surface area contributed by atoms with Crippen molar-refractivity contribution in [2.24, 2.45) is 5.92 Å². The molecule has 1 aliphatic heterocycles. The average molecular weight is 346 g/mol. The minimum atomic E-state index is -1.00. The van der Waals surface area contributed by atoms with Gasteiger partial charge in [-0.1, -0.05) is 23.2 Å². The Bertz CT molecular complexity index is 573. The summed E-state index contributed by atoms with van der Waals surface area (Å²) >= 11 is 11.9. The molecule has 2 atom stereocenters. The number of hydrogen-bond acceptors (Lipinski definition) is 4. The number of rotatable bonds is 5. The highest BCUT2D eigenvalue weighted by atomic mass is 35.5. The lowest BCUT2D eigenvalue weighted by molar-refractivity contribution is -0.138. The van der Waals surface area contributed by atoms with Crippen LogP contribution in [0.3, 0.4) is 0 Å². The Labute approximate surface area is 138 Å². The summed E-state index contributed by atoms with van der Waals surface area (Å²) in [5.74, 6) is -0.682. The molecular weight excluding hydrogens is 329 g/mol. The molecule has 0 spiro atoms. The maximum atomic E-state index is 12.2. The molecule has 2 rings (SSSR count). The van der Waals surface area contributed by atoms with Crippen molar-refractivity contribution in [1.82, 2.24) is 5.32 Å². The number of benzene rings is 1. The molecule has 1 heterocycles. The molecule has 1 amide bonds. The molecule has 0 radical (unpaired) electrons. The summed E-state index contributed by atoms with van der Waals surface area (Å²) in [4.78, 5) is 23.2. The number of ether oxygens (including phenoxy) is 1. The zero-order valence-corrected chi connectivity index (χ0v) is 13.6. The van der Waals surface area contributed by atoms with Gasteiger partial charge >= 0.3 is 5.97 Å². The Morgan fingerprint density at radius 1 is 1.41 bits per heavy atom. The van der Waals surface area contributed by atoms with Crippen molar-refractivity contribution in [3.05, 3.63) is 33.8 Å². The molecule has 120 valence electrons. The lowest BCUT2D eigenvalue weighted by atomic mass is 9.92. The van der Waals surface area contributed by atoms with Gasteiger partial charge in [0.1, 0.15) is 0 Å². The third kappa shape index (κ3) is 4.12. The molecule has 0 aromatic heterocycles. The molecular formula is C15H17Cl2NO4. The second kappa shape index (κ2) is 6.86. The van der Waals surface area contributed by atoms with Crippen molar-refractivity contribution >= 4 is 35.1 Å². The maximum absolute atomic E-state index is 12.2. The minimum absolute atomic E-state index is 0.126. The van der Waals surface area contributed by atoms with Crippen LogP contribution in [0.5, 0.6) is 0 Å². The summed E-state index contributed by atoms with van der Waals surface area (Å²) in [5.41, 5.74) is -0.394. The molecule has 2 N–H and O–H groups in total.